The second-order valence-corrected chi connectivity index (χ2v) is 10.2. The number of nitrogens with one attached hydrogen (secondary N) is 2. The Bertz CT molecular complexity index is 1160. The van der Waals surface area contributed by atoms with E-state index in [4.69, 9.17) is 15.5 Å². The Hall–Kier alpha value is -3.30. The van der Waals surface area contributed by atoms with Gasteiger partial charge in [-0.25, -0.2) is 9.78 Å². The Morgan fingerprint density at radius 3 is 2.51 bits per heavy atom. The van der Waals surface area contributed by atoms with Crippen LogP contribution in [-0.4, -0.2) is 30.1 Å². The Kier molecular flexibility index (Phi) is 8.44. The molecule has 182 valence electrons. The molecule has 0 bridgehead atoms. The summed E-state index contributed by atoms with van der Waals surface area (Å²) >= 11 is 3.30. The number of hydrogen-bond donors (Lipinski definition) is 3. The van der Waals surface area contributed by atoms with Crippen molar-refractivity contribution in [2.24, 2.45) is 0 Å². The van der Waals surface area contributed by atoms with Crippen molar-refractivity contribution in [1.29, 1.82) is 0 Å². The average Bonchev–Trinajstić information content (AvgIpc) is 3.57. The first kappa shape index (κ1) is 24.8. The van der Waals surface area contributed by atoms with Crippen molar-refractivity contribution < 1.29 is 14.3 Å². The average molecular weight is 509 g/mol. The van der Waals surface area contributed by atoms with Gasteiger partial charge in [0, 0.05) is 17.5 Å². The van der Waals surface area contributed by atoms with E-state index >= 15 is 0 Å². The first-order valence-electron chi connectivity index (χ1n) is 11.3. The zero-order valence-electron chi connectivity index (χ0n) is 19.3. The molecule has 2 aromatic carbocycles. The Labute approximate surface area is 213 Å². The SMILES string of the molecule is COC(=O)NC(Cc1ccccc1)C(=O)NC(Cc1ccc(N)cc1)c1nc(C2CC=CS2)cs1. The van der Waals surface area contributed by atoms with Gasteiger partial charge in [0.25, 0.3) is 0 Å². The van der Waals surface area contributed by atoms with Crippen LogP contribution in [-0.2, 0) is 22.4 Å². The Morgan fingerprint density at radius 1 is 1.09 bits per heavy atom. The number of carbonyl (C=O) groups excluding carboxylic acids is 2. The minimum absolute atomic E-state index is 0.298. The molecule has 0 saturated carbocycles. The molecule has 0 aliphatic carbocycles. The van der Waals surface area contributed by atoms with Crippen LogP contribution in [0.3, 0.4) is 0 Å². The summed E-state index contributed by atoms with van der Waals surface area (Å²) in [6.45, 7) is 0. The second kappa shape index (κ2) is 11.9. The summed E-state index contributed by atoms with van der Waals surface area (Å²) in [6, 6.07) is 16.0. The molecule has 7 nitrogen and oxygen atoms in total. The molecule has 3 aromatic rings. The number of amides is 2. The lowest BCUT2D eigenvalue weighted by atomic mass is 10.0. The van der Waals surface area contributed by atoms with Gasteiger partial charge in [-0.3, -0.25) is 4.79 Å². The van der Waals surface area contributed by atoms with Crippen LogP contribution in [0.5, 0.6) is 0 Å². The Balaban J connectivity index is 1.56. The number of rotatable bonds is 9. The smallest absolute Gasteiger partial charge is 0.407 e. The van der Waals surface area contributed by atoms with E-state index in [1.54, 1.807) is 11.8 Å². The molecule has 2 heterocycles. The molecular weight excluding hydrogens is 480 g/mol. The van der Waals surface area contributed by atoms with Crippen LogP contribution < -0.4 is 16.4 Å². The number of aromatic nitrogens is 1. The molecule has 1 aliphatic heterocycles. The van der Waals surface area contributed by atoms with Gasteiger partial charge in [0.15, 0.2) is 0 Å². The predicted molar refractivity (Wildman–Crippen MR) is 141 cm³/mol. The summed E-state index contributed by atoms with van der Waals surface area (Å²) in [4.78, 5) is 30.3. The number of thiazole rings is 1. The highest BCUT2D eigenvalue weighted by atomic mass is 32.2. The van der Waals surface area contributed by atoms with Gasteiger partial charge in [0.05, 0.1) is 24.1 Å². The van der Waals surface area contributed by atoms with E-state index in [1.807, 2.05) is 54.6 Å². The van der Waals surface area contributed by atoms with Gasteiger partial charge in [-0.2, -0.15) is 0 Å². The van der Waals surface area contributed by atoms with E-state index in [9.17, 15) is 9.59 Å². The highest BCUT2D eigenvalue weighted by Gasteiger charge is 2.27. The summed E-state index contributed by atoms with van der Waals surface area (Å²) in [6.07, 6.45) is 3.33. The van der Waals surface area contributed by atoms with Crippen molar-refractivity contribution in [3.63, 3.8) is 0 Å². The number of nitrogen functional groups attached to an aromatic ring is 1. The maximum Gasteiger partial charge on any atom is 0.407 e. The molecular formula is C26H28N4O3S2. The van der Waals surface area contributed by atoms with Crippen molar-refractivity contribution in [3.05, 3.63) is 93.3 Å². The van der Waals surface area contributed by atoms with Gasteiger partial charge in [0.1, 0.15) is 11.0 Å². The van der Waals surface area contributed by atoms with Gasteiger partial charge in [-0.1, -0.05) is 48.5 Å². The number of thioether (sulfide) groups is 1. The maximum atomic E-state index is 13.5. The third kappa shape index (κ3) is 6.86. The third-order valence-electron chi connectivity index (χ3n) is 5.67. The van der Waals surface area contributed by atoms with Crippen LogP contribution in [0.15, 0.2) is 71.5 Å². The first-order valence-corrected chi connectivity index (χ1v) is 13.1. The maximum absolute atomic E-state index is 13.5. The highest BCUT2D eigenvalue weighted by molar-refractivity contribution is 8.02. The minimum atomic E-state index is -0.798. The first-order chi connectivity index (χ1) is 17.0. The summed E-state index contributed by atoms with van der Waals surface area (Å²) in [7, 11) is 1.28. The zero-order valence-corrected chi connectivity index (χ0v) is 21.0. The lowest BCUT2D eigenvalue weighted by molar-refractivity contribution is -0.123. The number of nitrogens with two attached hydrogens (primary N) is 1. The van der Waals surface area contributed by atoms with Crippen molar-refractivity contribution in [3.8, 4) is 0 Å². The van der Waals surface area contributed by atoms with Crippen LogP contribution in [0.1, 0.15) is 39.5 Å². The van der Waals surface area contributed by atoms with Crippen LogP contribution >= 0.6 is 23.1 Å². The standard InChI is InChI=1S/C26H28N4O3S2/c1-33-26(32)30-20(14-17-6-3-2-4-7-17)24(31)28-21(15-18-9-11-19(27)12-10-18)25-29-22(16-35-25)23-8-5-13-34-23/h2-7,9-13,16,20-21,23H,8,14-15,27H2,1H3,(H,28,31)(H,30,32). The van der Waals surface area contributed by atoms with Gasteiger partial charge in [-0.05, 0) is 41.5 Å². The monoisotopic (exact) mass is 508 g/mol. The van der Waals surface area contributed by atoms with E-state index in [1.165, 1.54) is 18.4 Å². The summed E-state index contributed by atoms with van der Waals surface area (Å²) in [5.41, 5.74) is 9.51. The predicted octanol–water partition coefficient (Wildman–Crippen LogP) is 4.78. The third-order valence-corrected chi connectivity index (χ3v) is 7.76. The van der Waals surface area contributed by atoms with Gasteiger partial charge < -0.3 is 21.1 Å². The van der Waals surface area contributed by atoms with Crippen molar-refractivity contribution in [2.75, 3.05) is 12.8 Å². The quantitative estimate of drug-likeness (QED) is 0.359. The number of benzene rings is 2. The molecule has 0 radical (unpaired) electrons. The zero-order chi connectivity index (χ0) is 24.6. The van der Waals surface area contributed by atoms with Crippen molar-refractivity contribution >= 4 is 40.8 Å². The molecule has 1 aliphatic rings. The number of ether oxygens (including phenoxy) is 1. The van der Waals surface area contributed by atoms with Crippen molar-refractivity contribution in [2.45, 2.75) is 36.6 Å². The Morgan fingerprint density at radius 2 is 1.83 bits per heavy atom. The number of anilines is 1. The molecule has 4 rings (SSSR count). The fourth-order valence-corrected chi connectivity index (χ4v) is 5.71. The van der Waals surface area contributed by atoms with Gasteiger partial charge in [-0.15, -0.1) is 23.1 Å². The van der Waals surface area contributed by atoms with Crippen LogP contribution in [0.25, 0.3) is 0 Å². The lowest BCUT2D eigenvalue weighted by Gasteiger charge is -2.22. The van der Waals surface area contributed by atoms with E-state index in [-0.39, 0.29) is 11.9 Å². The topological polar surface area (TPSA) is 106 Å². The van der Waals surface area contributed by atoms with Crippen LogP contribution in [0.4, 0.5) is 10.5 Å². The van der Waals surface area contributed by atoms with E-state index in [2.05, 4.69) is 27.5 Å². The fourth-order valence-electron chi connectivity index (χ4n) is 3.81. The number of hydrogen-bond acceptors (Lipinski definition) is 7. The number of nitrogens with zero attached hydrogens (tertiary/aromatic N) is 1. The largest absolute Gasteiger partial charge is 0.453 e. The van der Waals surface area contributed by atoms with Gasteiger partial charge in [0.2, 0.25) is 5.91 Å². The summed E-state index contributed by atoms with van der Waals surface area (Å²) in [5, 5.41) is 11.1. The second-order valence-electron chi connectivity index (χ2n) is 8.23. The number of methoxy groups -OCH3 is 1. The van der Waals surface area contributed by atoms with Crippen molar-refractivity contribution in [1.82, 2.24) is 15.6 Å². The minimum Gasteiger partial charge on any atom is -0.453 e. The summed E-state index contributed by atoms with van der Waals surface area (Å²) < 4.78 is 4.76. The summed E-state index contributed by atoms with van der Waals surface area (Å²) in [5.74, 6) is -0.298. The van der Waals surface area contributed by atoms with Crippen LogP contribution in [0.2, 0.25) is 0 Å². The molecule has 9 heteroatoms. The highest BCUT2D eigenvalue weighted by Crippen LogP contribution is 2.39. The molecule has 2 amide bonds. The van der Waals surface area contributed by atoms with E-state index < -0.39 is 12.1 Å². The molecule has 0 fully saturated rings. The molecule has 4 N–H and O–H groups in total. The molecule has 0 saturated heterocycles. The number of allylic oxidation sites excluding steroid dienone is 1. The molecule has 3 atom stereocenters. The van der Waals surface area contributed by atoms with E-state index in [0.717, 1.165) is 28.2 Å². The molecule has 3 unspecified atom stereocenters. The van der Waals surface area contributed by atoms with Crippen LogP contribution in [0, 0.1) is 0 Å². The number of alkyl carbamates (subject to hydrolysis) is 1. The van der Waals surface area contributed by atoms with Gasteiger partial charge >= 0.3 is 6.09 Å². The number of carbonyl (C=O) groups is 2. The molecule has 35 heavy (non-hydrogen) atoms. The molecule has 1 aromatic heterocycles. The fraction of sp³-hybridized carbons (Fsp3) is 0.269. The normalized spacial score (nSPS) is 16.4. The lowest BCUT2D eigenvalue weighted by Crippen LogP contribution is -2.49. The van der Waals surface area contributed by atoms with E-state index in [0.29, 0.717) is 23.8 Å². The molecule has 0 spiro atoms.